The lowest BCUT2D eigenvalue weighted by Crippen LogP contribution is -1.94. The van der Waals surface area contributed by atoms with E-state index in [-0.39, 0.29) is 0 Å². The highest BCUT2D eigenvalue weighted by molar-refractivity contribution is 6.39. The molecule has 38 heavy (non-hydrogen) atoms. The standard InChI is InChI=1S/C35H19ClN2/c36-31-18-17-30-26-6-2-1-5-25(26)29-16-15-24(35(31)34(29)30)22-11-14-28-27-7-3-4-8-32(27)38(33(28)19-22)23-12-9-21(20-37)10-13-23/h1-19H. The first-order chi connectivity index (χ1) is 18.7. The third-order valence-electron chi connectivity index (χ3n) is 7.86. The quantitative estimate of drug-likeness (QED) is 0.231. The molecule has 2 nitrogen and oxygen atoms in total. The smallest absolute Gasteiger partial charge is 0.0991 e. The molecule has 1 aliphatic rings. The summed E-state index contributed by atoms with van der Waals surface area (Å²) in [6.45, 7) is 0. The topological polar surface area (TPSA) is 28.7 Å². The van der Waals surface area contributed by atoms with Gasteiger partial charge in [-0.3, -0.25) is 0 Å². The summed E-state index contributed by atoms with van der Waals surface area (Å²) in [5, 5.41) is 14.8. The van der Waals surface area contributed by atoms with E-state index in [4.69, 9.17) is 11.6 Å². The van der Waals surface area contributed by atoms with E-state index in [1.807, 2.05) is 30.3 Å². The van der Waals surface area contributed by atoms with E-state index in [2.05, 4.69) is 95.6 Å². The summed E-state index contributed by atoms with van der Waals surface area (Å²) < 4.78 is 2.28. The van der Waals surface area contributed by atoms with Gasteiger partial charge in [0, 0.05) is 26.9 Å². The fourth-order valence-electron chi connectivity index (χ4n) is 6.20. The van der Waals surface area contributed by atoms with Gasteiger partial charge in [-0.15, -0.1) is 0 Å². The molecule has 0 amide bonds. The molecular formula is C35H19ClN2. The second-order valence-corrected chi connectivity index (χ2v) is 10.2. The summed E-state index contributed by atoms with van der Waals surface area (Å²) in [4.78, 5) is 0. The van der Waals surface area contributed by atoms with Crippen LogP contribution in [0.4, 0.5) is 0 Å². The van der Waals surface area contributed by atoms with E-state index in [0.717, 1.165) is 38.3 Å². The molecule has 176 valence electrons. The van der Waals surface area contributed by atoms with Crippen LogP contribution < -0.4 is 0 Å². The molecule has 0 bridgehead atoms. The third kappa shape index (κ3) is 2.83. The average molecular weight is 503 g/mol. The molecule has 6 aromatic carbocycles. The second-order valence-electron chi connectivity index (χ2n) is 9.79. The van der Waals surface area contributed by atoms with Gasteiger partial charge < -0.3 is 4.57 Å². The minimum Gasteiger partial charge on any atom is -0.309 e. The molecule has 0 fully saturated rings. The largest absolute Gasteiger partial charge is 0.309 e. The number of nitrogens with zero attached hydrogens (tertiary/aromatic N) is 2. The van der Waals surface area contributed by atoms with Crippen molar-refractivity contribution < 1.29 is 0 Å². The van der Waals surface area contributed by atoms with Crippen molar-refractivity contribution in [3.63, 3.8) is 0 Å². The maximum absolute atomic E-state index is 9.31. The Bertz CT molecular complexity index is 2110. The third-order valence-corrected chi connectivity index (χ3v) is 8.17. The van der Waals surface area contributed by atoms with Crippen LogP contribution >= 0.6 is 11.6 Å². The van der Waals surface area contributed by atoms with E-state index in [9.17, 15) is 5.26 Å². The van der Waals surface area contributed by atoms with Gasteiger partial charge in [-0.2, -0.15) is 5.26 Å². The predicted octanol–water partition coefficient (Wildman–Crippen LogP) is 9.78. The van der Waals surface area contributed by atoms with Crippen LogP contribution in [0.5, 0.6) is 0 Å². The van der Waals surface area contributed by atoms with Gasteiger partial charge in [-0.25, -0.2) is 0 Å². The van der Waals surface area contributed by atoms with Crippen LogP contribution in [0.2, 0.25) is 5.02 Å². The van der Waals surface area contributed by atoms with Gasteiger partial charge in [0.2, 0.25) is 0 Å². The highest BCUT2D eigenvalue weighted by atomic mass is 35.5. The molecule has 0 unspecified atom stereocenters. The van der Waals surface area contributed by atoms with E-state index in [0.29, 0.717) is 5.56 Å². The van der Waals surface area contributed by atoms with Crippen LogP contribution in [0.3, 0.4) is 0 Å². The zero-order valence-corrected chi connectivity index (χ0v) is 21.0. The van der Waals surface area contributed by atoms with Crippen molar-refractivity contribution in [3.05, 3.63) is 126 Å². The van der Waals surface area contributed by atoms with Gasteiger partial charge in [0.05, 0.1) is 22.7 Å². The Hall–Kier alpha value is -4.84. The molecule has 3 heteroatoms. The zero-order chi connectivity index (χ0) is 25.4. The molecule has 0 radical (unpaired) electrons. The molecule has 0 saturated heterocycles. The normalized spacial score (nSPS) is 11.8. The minimum atomic E-state index is 0.652. The Morgan fingerprint density at radius 3 is 1.97 bits per heavy atom. The minimum absolute atomic E-state index is 0.652. The zero-order valence-electron chi connectivity index (χ0n) is 20.2. The molecular weight excluding hydrogens is 484 g/mol. The monoisotopic (exact) mass is 502 g/mol. The summed E-state index contributed by atoms with van der Waals surface area (Å²) in [7, 11) is 0. The number of rotatable bonds is 2. The van der Waals surface area contributed by atoms with Gasteiger partial charge in [0.1, 0.15) is 0 Å². The van der Waals surface area contributed by atoms with Crippen LogP contribution in [0.1, 0.15) is 5.56 Å². The summed E-state index contributed by atoms with van der Waals surface area (Å²) in [5.41, 5.74) is 11.2. The molecule has 1 aliphatic carbocycles. The first-order valence-corrected chi connectivity index (χ1v) is 13.0. The number of aromatic nitrogens is 1. The van der Waals surface area contributed by atoms with Crippen molar-refractivity contribution in [2.24, 2.45) is 0 Å². The molecule has 0 aliphatic heterocycles. The Labute approximate surface area is 224 Å². The van der Waals surface area contributed by atoms with E-state index < -0.39 is 0 Å². The van der Waals surface area contributed by atoms with Gasteiger partial charge in [-0.1, -0.05) is 84.4 Å². The lowest BCUT2D eigenvalue weighted by molar-refractivity contribution is 1.18. The SMILES string of the molecule is N#Cc1ccc(-n2c3ccccc3c3ccc(-c4ccc5c6c(ccc(Cl)c46)-c4ccccc4-5)cc32)cc1. The summed E-state index contributed by atoms with van der Waals surface area (Å²) in [6, 6.07) is 42.4. The number of nitriles is 1. The fourth-order valence-corrected chi connectivity index (χ4v) is 6.46. The van der Waals surface area contributed by atoms with Crippen LogP contribution in [0.25, 0.3) is 71.6 Å². The number of hydrogen-bond acceptors (Lipinski definition) is 1. The Balaban J connectivity index is 1.43. The van der Waals surface area contributed by atoms with Gasteiger partial charge in [0.15, 0.2) is 0 Å². The van der Waals surface area contributed by atoms with Crippen LogP contribution in [0.15, 0.2) is 115 Å². The van der Waals surface area contributed by atoms with Crippen molar-refractivity contribution in [2.75, 3.05) is 0 Å². The summed E-state index contributed by atoms with van der Waals surface area (Å²) >= 11 is 6.93. The van der Waals surface area contributed by atoms with E-state index >= 15 is 0 Å². The highest BCUT2D eigenvalue weighted by Crippen LogP contribution is 2.51. The summed E-state index contributed by atoms with van der Waals surface area (Å²) in [6.07, 6.45) is 0. The lowest BCUT2D eigenvalue weighted by Gasteiger charge is -2.13. The molecule has 0 atom stereocenters. The Morgan fingerprint density at radius 1 is 0.553 bits per heavy atom. The van der Waals surface area contributed by atoms with E-state index in [1.54, 1.807) is 0 Å². The van der Waals surface area contributed by atoms with Crippen molar-refractivity contribution >= 4 is 44.2 Å². The molecule has 0 N–H and O–H groups in total. The number of para-hydroxylation sites is 1. The second kappa shape index (κ2) is 7.83. The van der Waals surface area contributed by atoms with Crippen molar-refractivity contribution in [1.29, 1.82) is 5.26 Å². The molecule has 1 aromatic heterocycles. The average Bonchev–Trinajstić information content (AvgIpc) is 3.48. The molecule has 1 heterocycles. The van der Waals surface area contributed by atoms with Crippen LogP contribution in [0, 0.1) is 11.3 Å². The van der Waals surface area contributed by atoms with Crippen molar-refractivity contribution in [3.8, 4) is 45.1 Å². The van der Waals surface area contributed by atoms with Crippen molar-refractivity contribution in [2.45, 2.75) is 0 Å². The van der Waals surface area contributed by atoms with E-state index in [1.165, 1.54) is 38.4 Å². The van der Waals surface area contributed by atoms with Crippen molar-refractivity contribution in [1.82, 2.24) is 4.57 Å². The number of halogens is 1. The Kier molecular flexibility index (Phi) is 4.38. The van der Waals surface area contributed by atoms with Gasteiger partial charge in [0.25, 0.3) is 0 Å². The maximum atomic E-state index is 9.31. The number of fused-ring (bicyclic) bond motifs is 6. The molecule has 8 rings (SSSR count). The van der Waals surface area contributed by atoms with Crippen LogP contribution in [-0.4, -0.2) is 4.57 Å². The first kappa shape index (κ1) is 21.3. The fraction of sp³-hybridized carbons (Fsp3) is 0. The number of benzene rings is 6. The lowest BCUT2D eigenvalue weighted by atomic mass is 9.93. The first-order valence-electron chi connectivity index (χ1n) is 12.6. The summed E-state index contributed by atoms with van der Waals surface area (Å²) in [5.74, 6) is 0. The van der Waals surface area contributed by atoms with Gasteiger partial charge in [-0.05, 0) is 81.2 Å². The Morgan fingerprint density at radius 2 is 1.21 bits per heavy atom. The maximum Gasteiger partial charge on any atom is 0.0991 e. The molecule has 0 spiro atoms. The molecule has 7 aromatic rings. The van der Waals surface area contributed by atoms with Gasteiger partial charge >= 0.3 is 0 Å². The predicted molar refractivity (Wildman–Crippen MR) is 158 cm³/mol. The number of hydrogen-bond donors (Lipinski definition) is 0. The van der Waals surface area contributed by atoms with Crippen LogP contribution in [-0.2, 0) is 0 Å². The molecule has 0 saturated carbocycles. The highest BCUT2D eigenvalue weighted by Gasteiger charge is 2.24.